The molecule has 0 radical (unpaired) electrons. The van der Waals surface area contributed by atoms with Crippen molar-refractivity contribution in [3.05, 3.63) is 23.2 Å². The molecule has 0 spiro atoms. The molecule has 0 saturated heterocycles. The lowest BCUT2D eigenvalue weighted by Gasteiger charge is -2.03. The minimum absolute atomic E-state index is 0.0556. The number of alkyl halides is 1. The van der Waals surface area contributed by atoms with Gasteiger partial charge in [-0.1, -0.05) is 11.6 Å². The maximum Gasteiger partial charge on any atom is 0.211 e. The number of nitrogens with one attached hydrogen (secondary N) is 1. The number of rotatable bonds is 2. The van der Waals surface area contributed by atoms with Gasteiger partial charge in [0.25, 0.3) is 0 Å². The lowest BCUT2D eigenvalue weighted by atomic mass is 10.5. The van der Waals surface area contributed by atoms with Crippen molar-refractivity contribution in [3.8, 4) is 0 Å². The average molecular weight is 176 g/mol. The molecule has 0 aromatic carbocycles. The van der Waals surface area contributed by atoms with Crippen LogP contribution in [-0.2, 0) is 0 Å². The molecule has 0 aliphatic heterocycles. The summed E-state index contributed by atoms with van der Waals surface area (Å²) in [5, 5.41) is 2.60. The molecule has 1 atom stereocenters. The summed E-state index contributed by atoms with van der Waals surface area (Å²) in [6.45, 7) is 0. The molecule has 60 valence electrons. The molecule has 0 fully saturated rings. The molecule has 1 N–H and O–H groups in total. The van der Waals surface area contributed by atoms with Gasteiger partial charge in [-0.15, -0.1) is 0 Å². The Balaban J connectivity index is 2.86. The van der Waals surface area contributed by atoms with E-state index in [1.807, 2.05) is 0 Å². The number of aromatic nitrogens is 2. The summed E-state index contributed by atoms with van der Waals surface area (Å²) in [4.78, 5) is 7.34. The van der Waals surface area contributed by atoms with Crippen LogP contribution in [0.15, 0.2) is 12.3 Å². The predicted octanol–water partition coefficient (Wildman–Crippen LogP) is 1.32. The molecule has 0 aliphatic carbocycles. The molecule has 0 bridgehead atoms. The molecule has 1 heterocycles. The third kappa shape index (κ3) is 2.10. The summed E-state index contributed by atoms with van der Waals surface area (Å²) in [5.41, 5.74) is 0. The van der Waals surface area contributed by atoms with Gasteiger partial charge in [0, 0.05) is 6.20 Å². The van der Waals surface area contributed by atoms with Crippen molar-refractivity contribution in [2.75, 3.05) is 7.05 Å². The second-order valence-electron chi connectivity index (χ2n) is 1.89. The minimum atomic E-state index is -1.35. The zero-order chi connectivity index (χ0) is 8.27. The SMILES string of the molecule is CNC(F)c1nccc(Cl)n1. The second kappa shape index (κ2) is 3.59. The first-order valence-corrected chi connectivity index (χ1v) is 3.41. The van der Waals surface area contributed by atoms with Gasteiger partial charge in [0.2, 0.25) is 6.30 Å². The van der Waals surface area contributed by atoms with Crippen LogP contribution in [0, 0.1) is 0 Å². The zero-order valence-electron chi connectivity index (χ0n) is 5.88. The van der Waals surface area contributed by atoms with E-state index in [1.54, 1.807) is 0 Å². The molecule has 5 heteroatoms. The highest BCUT2D eigenvalue weighted by molar-refractivity contribution is 6.29. The summed E-state index contributed by atoms with van der Waals surface area (Å²) < 4.78 is 12.7. The molecule has 1 unspecified atom stereocenters. The summed E-state index contributed by atoms with van der Waals surface area (Å²) in [6, 6.07) is 1.49. The van der Waals surface area contributed by atoms with Gasteiger partial charge in [0.05, 0.1) is 0 Å². The van der Waals surface area contributed by atoms with Crippen molar-refractivity contribution in [1.29, 1.82) is 0 Å². The summed E-state index contributed by atoms with van der Waals surface area (Å²) in [5.74, 6) is 0.0556. The zero-order valence-corrected chi connectivity index (χ0v) is 6.64. The summed E-state index contributed by atoms with van der Waals surface area (Å²) in [7, 11) is 1.48. The Bertz CT molecular complexity index is 243. The van der Waals surface area contributed by atoms with Crippen LogP contribution in [-0.4, -0.2) is 17.0 Å². The van der Waals surface area contributed by atoms with Crippen molar-refractivity contribution < 1.29 is 4.39 Å². The first-order valence-electron chi connectivity index (χ1n) is 3.04. The molecule has 1 aromatic rings. The van der Waals surface area contributed by atoms with E-state index in [0.717, 1.165) is 0 Å². The average Bonchev–Trinajstić information content (AvgIpc) is 2.03. The van der Waals surface area contributed by atoms with Crippen molar-refractivity contribution in [3.63, 3.8) is 0 Å². The van der Waals surface area contributed by atoms with Crippen LogP contribution in [0.5, 0.6) is 0 Å². The van der Waals surface area contributed by atoms with E-state index in [-0.39, 0.29) is 11.0 Å². The summed E-state index contributed by atoms with van der Waals surface area (Å²) in [6.07, 6.45) is 0.0582. The maximum atomic E-state index is 12.7. The quantitative estimate of drug-likeness (QED) is 0.544. The molecule has 1 rings (SSSR count). The largest absolute Gasteiger partial charge is 0.284 e. The van der Waals surface area contributed by atoms with Gasteiger partial charge in [0.1, 0.15) is 5.15 Å². The van der Waals surface area contributed by atoms with E-state index < -0.39 is 6.30 Å². The minimum Gasteiger partial charge on any atom is -0.284 e. The topological polar surface area (TPSA) is 37.8 Å². The van der Waals surface area contributed by atoms with Gasteiger partial charge in [-0.05, 0) is 13.1 Å². The van der Waals surface area contributed by atoms with Gasteiger partial charge in [-0.2, -0.15) is 0 Å². The van der Waals surface area contributed by atoms with E-state index in [0.29, 0.717) is 0 Å². The van der Waals surface area contributed by atoms with Gasteiger partial charge >= 0.3 is 0 Å². The van der Waals surface area contributed by atoms with Crippen LogP contribution >= 0.6 is 11.6 Å². The Morgan fingerprint density at radius 2 is 2.45 bits per heavy atom. The van der Waals surface area contributed by atoms with Crippen LogP contribution in [0.4, 0.5) is 4.39 Å². The smallest absolute Gasteiger partial charge is 0.211 e. The molecule has 0 saturated carbocycles. The van der Waals surface area contributed by atoms with E-state index in [9.17, 15) is 4.39 Å². The molecular weight excluding hydrogens is 169 g/mol. The third-order valence-electron chi connectivity index (χ3n) is 1.12. The second-order valence-corrected chi connectivity index (χ2v) is 2.28. The normalized spacial score (nSPS) is 13.0. The lowest BCUT2D eigenvalue weighted by molar-refractivity contribution is 0.284. The van der Waals surface area contributed by atoms with Gasteiger partial charge in [0.15, 0.2) is 5.82 Å². The Kier molecular flexibility index (Phi) is 2.73. The van der Waals surface area contributed by atoms with E-state index in [4.69, 9.17) is 11.6 Å². The lowest BCUT2D eigenvalue weighted by Crippen LogP contribution is -2.13. The molecule has 1 aromatic heterocycles. The molecule has 0 aliphatic rings. The van der Waals surface area contributed by atoms with Gasteiger partial charge < -0.3 is 0 Å². The number of halogens is 2. The molecule has 0 amide bonds. The maximum absolute atomic E-state index is 12.7. The fourth-order valence-corrected chi connectivity index (χ4v) is 0.745. The van der Waals surface area contributed by atoms with Crippen molar-refractivity contribution >= 4 is 11.6 Å². The monoisotopic (exact) mass is 175 g/mol. The van der Waals surface area contributed by atoms with Crippen LogP contribution in [0.3, 0.4) is 0 Å². The van der Waals surface area contributed by atoms with Crippen LogP contribution in [0.2, 0.25) is 5.15 Å². The van der Waals surface area contributed by atoms with Crippen LogP contribution in [0.25, 0.3) is 0 Å². The van der Waals surface area contributed by atoms with Crippen molar-refractivity contribution in [2.45, 2.75) is 6.30 Å². The third-order valence-corrected chi connectivity index (χ3v) is 1.33. The fraction of sp³-hybridized carbons (Fsp3) is 0.333. The van der Waals surface area contributed by atoms with Crippen molar-refractivity contribution in [2.24, 2.45) is 0 Å². The standard InChI is InChI=1S/C6H7ClFN3/c1-9-5(8)6-10-3-2-4(7)11-6/h2-3,5,9H,1H3. The molecule has 11 heavy (non-hydrogen) atoms. The molecule has 3 nitrogen and oxygen atoms in total. The number of hydrogen-bond acceptors (Lipinski definition) is 3. The highest BCUT2D eigenvalue weighted by atomic mass is 35.5. The highest BCUT2D eigenvalue weighted by Gasteiger charge is 2.08. The highest BCUT2D eigenvalue weighted by Crippen LogP contribution is 2.10. The Morgan fingerprint density at radius 1 is 1.73 bits per heavy atom. The number of hydrogen-bond donors (Lipinski definition) is 1. The van der Waals surface area contributed by atoms with Crippen LogP contribution in [0.1, 0.15) is 12.1 Å². The first kappa shape index (κ1) is 8.36. The fourth-order valence-electron chi connectivity index (χ4n) is 0.602. The van der Waals surface area contributed by atoms with E-state index >= 15 is 0 Å². The van der Waals surface area contributed by atoms with E-state index in [2.05, 4.69) is 15.3 Å². The Morgan fingerprint density at radius 3 is 3.00 bits per heavy atom. The molecular formula is C6H7ClFN3. The van der Waals surface area contributed by atoms with Gasteiger partial charge in [-0.3, -0.25) is 5.32 Å². The van der Waals surface area contributed by atoms with Crippen LogP contribution < -0.4 is 5.32 Å². The predicted molar refractivity (Wildman–Crippen MR) is 40.0 cm³/mol. The number of nitrogens with zero attached hydrogens (tertiary/aromatic N) is 2. The van der Waals surface area contributed by atoms with E-state index in [1.165, 1.54) is 19.3 Å². The Hall–Kier alpha value is -0.740. The van der Waals surface area contributed by atoms with Gasteiger partial charge in [-0.25, -0.2) is 14.4 Å². The first-order chi connectivity index (χ1) is 5.24. The summed E-state index contributed by atoms with van der Waals surface area (Å²) >= 11 is 5.50. The van der Waals surface area contributed by atoms with Crippen molar-refractivity contribution in [1.82, 2.24) is 15.3 Å². The Labute approximate surface area is 68.6 Å².